The molecule has 1 atom stereocenters. The van der Waals surface area contributed by atoms with Crippen molar-refractivity contribution in [2.24, 2.45) is 0 Å². The second-order valence-electron chi connectivity index (χ2n) is 13.6. The fourth-order valence-electron chi connectivity index (χ4n) is 7.16. The van der Waals surface area contributed by atoms with Crippen LogP contribution in [0.3, 0.4) is 0 Å². The second-order valence-corrected chi connectivity index (χ2v) is 15.5. The normalized spacial score (nSPS) is 15.2. The van der Waals surface area contributed by atoms with Crippen LogP contribution in [-0.4, -0.2) is 80.2 Å². The van der Waals surface area contributed by atoms with Crippen LogP contribution in [0.1, 0.15) is 59.2 Å². The molecule has 7 rings (SSSR count). The third-order valence-corrected chi connectivity index (χ3v) is 12.0. The summed E-state index contributed by atoms with van der Waals surface area (Å²) in [5.41, 5.74) is 3.49. The number of hydrogen-bond donors (Lipinski definition) is 3. The second kappa shape index (κ2) is 17.1. The summed E-state index contributed by atoms with van der Waals surface area (Å²) in [6.45, 7) is 0.873. The van der Waals surface area contributed by atoms with Gasteiger partial charge in [0.15, 0.2) is 5.43 Å². The molecule has 0 unspecified atom stereocenters. The molecule has 0 saturated carbocycles. The monoisotopic (exact) mass is 794 g/mol. The highest BCUT2D eigenvalue weighted by molar-refractivity contribution is 7.89. The van der Waals surface area contributed by atoms with Gasteiger partial charge < -0.3 is 25.1 Å². The molecule has 16 heteroatoms. The van der Waals surface area contributed by atoms with Gasteiger partial charge in [-0.05, 0) is 85.8 Å². The molecule has 294 valence electrons. The Morgan fingerprint density at radius 3 is 2.40 bits per heavy atom. The molecule has 0 aromatic heterocycles. The minimum atomic E-state index is -3.96. The summed E-state index contributed by atoms with van der Waals surface area (Å²) in [5.74, 6) is -1.44. The largest absolute Gasteiger partial charge is 0.508 e. The van der Waals surface area contributed by atoms with Gasteiger partial charge in [0.25, 0.3) is 17.6 Å². The van der Waals surface area contributed by atoms with Gasteiger partial charge in [-0.2, -0.15) is 13.9 Å². The van der Waals surface area contributed by atoms with E-state index in [1.165, 1.54) is 52.7 Å². The topological polar surface area (TPSA) is 218 Å². The molecule has 0 bridgehead atoms. The first-order valence-corrected chi connectivity index (χ1v) is 19.6. The zero-order valence-corrected chi connectivity index (χ0v) is 31.6. The van der Waals surface area contributed by atoms with E-state index in [0.717, 1.165) is 22.1 Å². The fraction of sp³-hybridized carbons (Fsp3) is 0.268. The molecule has 1 saturated heterocycles. The van der Waals surface area contributed by atoms with Crippen molar-refractivity contribution in [2.75, 3.05) is 31.6 Å². The van der Waals surface area contributed by atoms with E-state index < -0.39 is 27.8 Å². The number of hydrogen-bond acceptors (Lipinski definition) is 11. The molecule has 3 aromatic carbocycles. The van der Waals surface area contributed by atoms with Crippen LogP contribution in [0.4, 0.5) is 5.69 Å². The Kier molecular flexibility index (Phi) is 12.1. The summed E-state index contributed by atoms with van der Waals surface area (Å²) in [5, 5.41) is 16.5. The summed E-state index contributed by atoms with van der Waals surface area (Å²) >= 11 is 0. The standard InChI is InChI=1S/C40H38N4O9S.CO2/c1-43-33-17-14-29(22-32(33)38(48)40(43)50)54(51,52)44-19-5-6-26(44)23-42-36(47)7-3-2-4-18-41-39(49)25-10-8-24(9-11-25)37-30-15-12-27(45)20-34(30)53-35-21-28(46)13-16-31(35)37;2-1-3/h8-17,20-22,26,45H,2-7,18-19,23H2,1H3,(H,41,49)(H,42,47);/t26-;/m0./s1. The first-order chi connectivity index (χ1) is 27.3. The van der Waals surface area contributed by atoms with Crippen molar-refractivity contribution in [3.05, 3.63) is 100 Å². The number of carbonyl (C=O) groups is 4. The maximum atomic E-state index is 13.5. The minimum Gasteiger partial charge on any atom is -0.508 e. The number of ketones is 1. The van der Waals surface area contributed by atoms with Crippen molar-refractivity contribution in [2.45, 2.75) is 49.5 Å². The average molecular weight is 795 g/mol. The van der Waals surface area contributed by atoms with E-state index in [-0.39, 0.29) is 59.1 Å². The average Bonchev–Trinajstić information content (AvgIpc) is 3.77. The molecular weight excluding hydrogens is 757 g/mol. The summed E-state index contributed by atoms with van der Waals surface area (Å²) in [4.78, 5) is 79.3. The highest BCUT2D eigenvalue weighted by atomic mass is 32.2. The molecule has 1 fully saturated rings. The van der Waals surface area contributed by atoms with Gasteiger partial charge in [0.2, 0.25) is 15.9 Å². The van der Waals surface area contributed by atoms with Gasteiger partial charge in [0, 0.05) is 73.4 Å². The van der Waals surface area contributed by atoms with E-state index in [1.54, 1.807) is 30.3 Å². The van der Waals surface area contributed by atoms with Crippen molar-refractivity contribution in [1.82, 2.24) is 14.9 Å². The Labute approximate surface area is 326 Å². The Hall–Kier alpha value is -6.48. The lowest BCUT2D eigenvalue weighted by molar-refractivity contribution is -0.191. The summed E-state index contributed by atoms with van der Waals surface area (Å²) in [6.07, 6.45) is 3.68. The summed E-state index contributed by atoms with van der Waals surface area (Å²) < 4.78 is 34.3. The third kappa shape index (κ3) is 8.53. The Morgan fingerprint density at radius 2 is 1.65 bits per heavy atom. The van der Waals surface area contributed by atoms with Crippen molar-refractivity contribution in [3.8, 4) is 28.2 Å². The number of aromatic hydroxyl groups is 1. The number of benzene rings is 4. The molecule has 3 aliphatic heterocycles. The first kappa shape index (κ1) is 40.2. The van der Waals surface area contributed by atoms with Crippen LogP contribution in [0, 0.1) is 0 Å². The first-order valence-electron chi connectivity index (χ1n) is 18.2. The number of sulfonamides is 1. The predicted octanol–water partition coefficient (Wildman–Crippen LogP) is 4.11. The Bertz CT molecular complexity index is 2540. The lowest BCUT2D eigenvalue weighted by Crippen LogP contribution is -2.43. The van der Waals surface area contributed by atoms with E-state index in [2.05, 4.69) is 10.6 Å². The zero-order valence-electron chi connectivity index (χ0n) is 30.8. The maximum Gasteiger partial charge on any atom is 0.373 e. The number of nitrogens with one attached hydrogen (secondary N) is 2. The molecule has 0 radical (unpaired) electrons. The van der Waals surface area contributed by atoms with Gasteiger partial charge in [-0.3, -0.25) is 24.0 Å². The number of carbonyl (C=O) groups excluding carboxylic acids is 6. The smallest absolute Gasteiger partial charge is 0.373 e. The van der Waals surface area contributed by atoms with Crippen molar-refractivity contribution in [3.63, 3.8) is 0 Å². The molecule has 4 aliphatic rings. The molecule has 57 heavy (non-hydrogen) atoms. The number of anilines is 1. The lowest BCUT2D eigenvalue weighted by Gasteiger charge is -2.24. The fourth-order valence-corrected chi connectivity index (χ4v) is 8.88. The summed E-state index contributed by atoms with van der Waals surface area (Å²) in [7, 11) is -2.49. The molecule has 3 N–H and O–H groups in total. The highest BCUT2D eigenvalue weighted by Gasteiger charge is 2.38. The van der Waals surface area contributed by atoms with E-state index >= 15 is 0 Å². The number of amides is 3. The van der Waals surface area contributed by atoms with Gasteiger partial charge in [-0.15, -0.1) is 0 Å². The Morgan fingerprint density at radius 1 is 0.895 bits per heavy atom. The number of unbranched alkanes of at least 4 members (excludes halogenated alkanes) is 2. The van der Waals surface area contributed by atoms with Gasteiger partial charge in [0.05, 0.1) is 16.1 Å². The third-order valence-electron chi connectivity index (χ3n) is 10.0. The number of fused-ring (bicyclic) bond motifs is 3. The number of phenolic OH excluding ortho intramolecular Hbond substituents is 1. The number of rotatable bonds is 12. The van der Waals surface area contributed by atoms with Crippen LogP contribution >= 0.6 is 0 Å². The lowest BCUT2D eigenvalue weighted by atomic mass is 9.93. The number of Topliss-reactive ketones (excluding diaryl/α,β-unsaturated/α-hetero) is 1. The van der Waals surface area contributed by atoms with E-state index in [9.17, 15) is 37.5 Å². The zero-order chi connectivity index (χ0) is 40.9. The quantitative estimate of drug-likeness (QED) is 0.0928. The molecule has 0 spiro atoms. The minimum absolute atomic E-state index is 0.0371. The van der Waals surface area contributed by atoms with Gasteiger partial charge >= 0.3 is 6.15 Å². The molecule has 3 amide bonds. The van der Waals surface area contributed by atoms with Crippen molar-refractivity contribution in [1.29, 1.82) is 0 Å². The van der Waals surface area contributed by atoms with Crippen LogP contribution in [-0.2, 0) is 29.2 Å². The van der Waals surface area contributed by atoms with Crippen molar-refractivity contribution < 1.29 is 46.7 Å². The molecule has 1 aliphatic carbocycles. The summed E-state index contributed by atoms with van der Waals surface area (Å²) in [6, 6.07) is 20.2. The van der Waals surface area contributed by atoms with Gasteiger partial charge in [-0.1, -0.05) is 18.6 Å². The van der Waals surface area contributed by atoms with Crippen LogP contribution < -0.4 is 21.0 Å². The van der Waals surface area contributed by atoms with Crippen molar-refractivity contribution >= 4 is 56.3 Å². The molecule has 3 heterocycles. The van der Waals surface area contributed by atoms with Crippen LogP contribution in [0.5, 0.6) is 5.75 Å². The number of phenols is 1. The van der Waals surface area contributed by atoms with Gasteiger partial charge in [-0.25, -0.2) is 8.42 Å². The predicted molar refractivity (Wildman–Crippen MR) is 206 cm³/mol. The highest BCUT2D eigenvalue weighted by Crippen LogP contribution is 2.40. The molecular formula is C41H38N4O11S. The maximum absolute atomic E-state index is 13.5. The van der Waals surface area contributed by atoms with Crippen LogP contribution in [0.15, 0.2) is 93.0 Å². The number of nitrogens with zero attached hydrogens (tertiary/aromatic N) is 2. The van der Waals surface area contributed by atoms with E-state index in [4.69, 9.17) is 14.0 Å². The van der Waals surface area contributed by atoms with Crippen LogP contribution in [0.2, 0.25) is 0 Å². The molecule has 15 nitrogen and oxygen atoms in total. The SMILES string of the molecule is CN1C(=O)C(=O)c2cc(S(=O)(=O)N3CCC[C@H]3CNC(=O)CCCCCNC(=O)c3ccc(-c4c5ccc(=O)cc-5oc5cc(O)ccc45)cc3)ccc21.O=C=O. The molecule has 3 aromatic rings. The number of likely N-dealkylation sites (N-methyl/N-ethyl adjacent to an activating group) is 1. The van der Waals surface area contributed by atoms with Gasteiger partial charge in [0.1, 0.15) is 17.1 Å². The van der Waals surface area contributed by atoms with E-state index in [1.807, 2.05) is 12.1 Å². The Balaban J connectivity index is 0.00000177. The van der Waals surface area contributed by atoms with Crippen LogP contribution in [0.25, 0.3) is 33.4 Å². The van der Waals surface area contributed by atoms with E-state index in [0.29, 0.717) is 61.2 Å².